The van der Waals surface area contributed by atoms with Gasteiger partial charge in [-0.1, -0.05) is 11.6 Å². The maximum atomic E-state index is 10.5. The summed E-state index contributed by atoms with van der Waals surface area (Å²) < 4.78 is 4.35. The highest BCUT2D eigenvalue weighted by atomic mass is 35.5. The lowest BCUT2D eigenvalue weighted by atomic mass is 10.2. The normalized spacial score (nSPS) is 15.2. The number of ether oxygens (including phenoxy) is 1. The van der Waals surface area contributed by atoms with Crippen molar-refractivity contribution in [2.45, 2.75) is 24.8 Å². The van der Waals surface area contributed by atoms with E-state index in [1.807, 2.05) is 0 Å². The lowest BCUT2D eigenvalue weighted by molar-refractivity contribution is -0.140. The quantitative estimate of drug-likeness (QED) is 0.286. The monoisotopic (exact) mass is 179 g/mol. The van der Waals surface area contributed by atoms with Crippen LogP contribution in [0.3, 0.4) is 0 Å². The second kappa shape index (κ2) is 4.28. The number of hydrogen-bond donors (Lipinski definition) is 0. The van der Waals surface area contributed by atoms with Gasteiger partial charge in [0.25, 0.3) is 0 Å². The predicted molar refractivity (Wildman–Crippen MR) is 41.3 cm³/mol. The second-order valence-electron chi connectivity index (χ2n) is 2.31. The number of halogens is 1. The predicted octanol–water partition coefficient (Wildman–Crippen LogP) is 1.66. The molecule has 64 valence electrons. The standard InChI is InChI=1S/C6H10ClNO3/c1-6(7,8-10)4-3-5(9)11-2/h3-4H2,1-2H3. The van der Waals surface area contributed by atoms with Crippen LogP contribution < -0.4 is 0 Å². The minimum absolute atomic E-state index is 0.113. The van der Waals surface area contributed by atoms with Crippen LogP contribution >= 0.6 is 11.6 Å². The first kappa shape index (κ1) is 10.4. The van der Waals surface area contributed by atoms with E-state index >= 15 is 0 Å². The molecule has 0 fully saturated rings. The van der Waals surface area contributed by atoms with Crippen molar-refractivity contribution >= 4 is 17.6 Å². The van der Waals surface area contributed by atoms with Crippen LogP contribution in [0.1, 0.15) is 19.8 Å². The van der Waals surface area contributed by atoms with E-state index in [9.17, 15) is 9.70 Å². The summed E-state index contributed by atoms with van der Waals surface area (Å²) in [5, 5.41) is 2.63. The molecular formula is C6H10ClNO3. The fourth-order valence-electron chi connectivity index (χ4n) is 0.478. The molecule has 1 unspecified atom stereocenters. The van der Waals surface area contributed by atoms with Crippen LogP contribution in [-0.4, -0.2) is 18.1 Å². The van der Waals surface area contributed by atoms with Crippen molar-refractivity contribution in [1.29, 1.82) is 0 Å². The molecule has 0 aromatic heterocycles. The van der Waals surface area contributed by atoms with Crippen LogP contribution in [0.4, 0.5) is 0 Å². The number of alkyl halides is 1. The molecule has 11 heavy (non-hydrogen) atoms. The summed E-state index contributed by atoms with van der Waals surface area (Å²) in [4.78, 5) is 19.4. The highest BCUT2D eigenvalue weighted by Crippen LogP contribution is 2.21. The number of hydrogen-bond acceptors (Lipinski definition) is 4. The molecule has 0 bridgehead atoms. The number of methoxy groups -OCH3 is 1. The average Bonchev–Trinajstić information content (AvgIpc) is 2.00. The van der Waals surface area contributed by atoms with Gasteiger partial charge in [-0.05, 0) is 12.1 Å². The van der Waals surface area contributed by atoms with Crippen molar-refractivity contribution in [3.05, 3.63) is 4.91 Å². The molecule has 0 saturated heterocycles. The molecule has 0 aromatic carbocycles. The first-order chi connectivity index (χ1) is 5.02. The van der Waals surface area contributed by atoms with Crippen LogP contribution in [0.2, 0.25) is 0 Å². The maximum Gasteiger partial charge on any atom is 0.305 e. The van der Waals surface area contributed by atoms with E-state index in [1.165, 1.54) is 14.0 Å². The van der Waals surface area contributed by atoms with Crippen molar-refractivity contribution in [3.8, 4) is 0 Å². The van der Waals surface area contributed by atoms with Gasteiger partial charge in [-0.3, -0.25) is 4.79 Å². The highest BCUT2D eigenvalue weighted by molar-refractivity contribution is 6.23. The van der Waals surface area contributed by atoms with Crippen molar-refractivity contribution in [2.75, 3.05) is 7.11 Å². The first-order valence-electron chi connectivity index (χ1n) is 3.12. The van der Waals surface area contributed by atoms with Crippen molar-refractivity contribution in [1.82, 2.24) is 0 Å². The molecule has 0 aromatic rings. The van der Waals surface area contributed by atoms with Gasteiger partial charge in [0.2, 0.25) is 0 Å². The first-order valence-corrected chi connectivity index (χ1v) is 3.50. The highest BCUT2D eigenvalue weighted by Gasteiger charge is 2.22. The Balaban J connectivity index is 3.69. The molecule has 0 amide bonds. The van der Waals surface area contributed by atoms with E-state index in [-0.39, 0.29) is 18.8 Å². The molecule has 0 radical (unpaired) electrons. The Bertz CT molecular complexity index is 158. The van der Waals surface area contributed by atoms with Crippen LogP contribution in [-0.2, 0) is 9.53 Å². The molecule has 5 heteroatoms. The summed E-state index contributed by atoms with van der Waals surface area (Å²) in [6.45, 7) is 1.45. The third kappa shape index (κ3) is 4.72. The van der Waals surface area contributed by atoms with Crippen LogP contribution in [0.5, 0.6) is 0 Å². The zero-order chi connectivity index (χ0) is 8.91. The van der Waals surface area contributed by atoms with E-state index in [0.717, 1.165) is 0 Å². The molecule has 1 atom stereocenters. The average molecular weight is 180 g/mol. The summed E-state index contributed by atoms with van der Waals surface area (Å²) in [5.74, 6) is -0.388. The molecule has 0 aliphatic heterocycles. The van der Waals surface area contributed by atoms with Gasteiger partial charge in [-0.2, -0.15) is 0 Å². The molecule has 0 rings (SSSR count). The lowest BCUT2D eigenvalue weighted by Crippen LogP contribution is -2.14. The summed E-state index contributed by atoms with van der Waals surface area (Å²) in [5.41, 5.74) is 0. The summed E-state index contributed by atoms with van der Waals surface area (Å²) in [6, 6.07) is 0. The summed E-state index contributed by atoms with van der Waals surface area (Å²) in [6.07, 6.45) is 0.312. The number of esters is 1. The van der Waals surface area contributed by atoms with Crippen molar-refractivity contribution < 1.29 is 9.53 Å². The van der Waals surface area contributed by atoms with E-state index in [4.69, 9.17) is 11.6 Å². The molecule has 0 aliphatic carbocycles. The smallest absolute Gasteiger partial charge is 0.305 e. The Hall–Kier alpha value is -0.640. The van der Waals surface area contributed by atoms with Gasteiger partial charge in [-0.25, -0.2) is 0 Å². The third-order valence-corrected chi connectivity index (χ3v) is 1.46. The van der Waals surface area contributed by atoms with Gasteiger partial charge in [0.1, 0.15) is 0 Å². The Morgan fingerprint density at radius 3 is 2.64 bits per heavy atom. The third-order valence-electron chi connectivity index (χ3n) is 1.20. The van der Waals surface area contributed by atoms with Crippen LogP contribution in [0, 0.1) is 4.91 Å². The fraction of sp³-hybridized carbons (Fsp3) is 0.833. The molecule has 0 spiro atoms. The lowest BCUT2D eigenvalue weighted by Gasteiger charge is -2.10. The molecular weight excluding hydrogens is 170 g/mol. The number of carbonyl (C=O) groups excluding carboxylic acids is 1. The largest absolute Gasteiger partial charge is 0.469 e. The molecule has 0 saturated carbocycles. The SMILES string of the molecule is COC(=O)CCC(C)(Cl)N=O. The minimum atomic E-state index is -1.19. The van der Waals surface area contributed by atoms with Gasteiger partial charge in [0.15, 0.2) is 5.00 Å². The van der Waals surface area contributed by atoms with Gasteiger partial charge in [-0.15, -0.1) is 4.91 Å². The van der Waals surface area contributed by atoms with Gasteiger partial charge in [0.05, 0.1) is 7.11 Å². The topological polar surface area (TPSA) is 55.7 Å². The Morgan fingerprint density at radius 2 is 2.27 bits per heavy atom. The van der Waals surface area contributed by atoms with E-state index < -0.39 is 5.00 Å². The van der Waals surface area contributed by atoms with E-state index in [1.54, 1.807) is 0 Å². The second-order valence-corrected chi connectivity index (χ2v) is 3.12. The van der Waals surface area contributed by atoms with Crippen molar-refractivity contribution in [2.24, 2.45) is 5.18 Å². The fourth-order valence-corrected chi connectivity index (χ4v) is 0.572. The Labute approximate surface area is 69.8 Å². The zero-order valence-corrected chi connectivity index (χ0v) is 7.22. The molecule has 0 heterocycles. The van der Waals surface area contributed by atoms with Crippen LogP contribution in [0.25, 0.3) is 0 Å². The summed E-state index contributed by atoms with van der Waals surface area (Å²) in [7, 11) is 1.28. The number of nitroso groups, excluding NO2 is 1. The minimum Gasteiger partial charge on any atom is -0.469 e. The molecule has 0 aliphatic rings. The van der Waals surface area contributed by atoms with Gasteiger partial charge >= 0.3 is 5.97 Å². The Morgan fingerprint density at radius 1 is 1.73 bits per heavy atom. The maximum absolute atomic E-state index is 10.5. The number of nitrogens with zero attached hydrogens (tertiary/aromatic N) is 1. The Kier molecular flexibility index (Phi) is 4.03. The molecule has 4 nitrogen and oxygen atoms in total. The molecule has 0 N–H and O–H groups in total. The van der Waals surface area contributed by atoms with Gasteiger partial charge in [0, 0.05) is 12.8 Å². The zero-order valence-electron chi connectivity index (χ0n) is 6.46. The van der Waals surface area contributed by atoms with Crippen LogP contribution in [0.15, 0.2) is 5.18 Å². The van der Waals surface area contributed by atoms with Gasteiger partial charge < -0.3 is 4.74 Å². The number of rotatable bonds is 4. The van der Waals surface area contributed by atoms with E-state index in [0.29, 0.717) is 0 Å². The summed E-state index contributed by atoms with van der Waals surface area (Å²) >= 11 is 5.53. The number of carbonyl (C=O) groups is 1. The van der Waals surface area contributed by atoms with Crippen molar-refractivity contribution in [3.63, 3.8) is 0 Å². The van der Waals surface area contributed by atoms with E-state index in [2.05, 4.69) is 9.91 Å².